The van der Waals surface area contributed by atoms with Crippen molar-refractivity contribution in [3.8, 4) is 0 Å². The summed E-state index contributed by atoms with van der Waals surface area (Å²) in [6, 6.07) is -3.55. The zero-order valence-corrected chi connectivity index (χ0v) is 26.5. The molecule has 0 aromatic rings. The Balaban J connectivity index is 3.92. The number of carboxylic acids is 3. The Bertz CT molecular complexity index is 617. The van der Waals surface area contributed by atoms with Gasteiger partial charge in [-0.25, -0.2) is 9.59 Å². The van der Waals surface area contributed by atoms with Gasteiger partial charge in [0.15, 0.2) is 12.1 Å². The van der Waals surface area contributed by atoms with Crippen molar-refractivity contribution in [3.05, 3.63) is 0 Å². The Kier molecular flexibility index (Phi) is 23.0. The lowest BCUT2D eigenvalue weighted by atomic mass is 9.99. The molecule has 0 aromatic carbocycles. The molecule has 0 fully saturated rings. The molecule has 236 valence electrons. The topological polar surface area (TPSA) is 115 Å². The summed E-state index contributed by atoms with van der Waals surface area (Å²) in [5.74, 6) is -3.81. The van der Waals surface area contributed by atoms with Crippen molar-refractivity contribution >= 4 is 17.9 Å². The van der Waals surface area contributed by atoms with E-state index in [1.165, 1.54) is 136 Å². The number of nitrogens with zero attached hydrogens (tertiary/aromatic N) is 1. The van der Waals surface area contributed by atoms with E-state index < -0.39 is 40.5 Å². The molecule has 3 unspecified atom stereocenters. The summed E-state index contributed by atoms with van der Waals surface area (Å²) in [5.41, 5.74) is 0. The van der Waals surface area contributed by atoms with E-state index in [-0.39, 0.29) is 6.54 Å². The van der Waals surface area contributed by atoms with Gasteiger partial charge in [-0.3, -0.25) is 4.48 Å². The van der Waals surface area contributed by atoms with E-state index in [9.17, 15) is 29.7 Å². The summed E-state index contributed by atoms with van der Waals surface area (Å²) < 4.78 is -0.536. The summed E-state index contributed by atoms with van der Waals surface area (Å²) in [7, 11) is 0. The van der Waals surface area contributed by atoms with E-state index in [0.717, 1.165) is 19.3 Å². The molecule has 0 heterocycles. The van der Waals surface area contributed by atoms with Crippen molar-refractivity contribution in [2.45, 2.75) is 187 Å². The average molecular weight is 570 g/mol. The van der Waals surface area contributed by atoms with E-state index >= 15 is 0 Å². The lowest BCUT2D eigenvalue weighted by molar-refractivity contribution is -0.969. The van der Waals surface area contributed by atoms with Crippen molar-refractivity contribution in [3.63, 3.8) is 0 Å². The Morgan fingerprint density at radius 2 is 0.750 bits per heavy atom. The van der Waals surface area contributed by atoms with Gasteiger partial charge in [0.1, 0.15) is 6.04 Å². The highest BCUT2D eigenvalue weighted by molar-refractivity contribution is 5.76. The number of carbonyl (C=O) groups is 3. The van der Waals surface area contributed by atoms with Gasteiger partial charge in [-0.1, -0.05) is 135 Å². The minimum absolute atomic E-state index is 0.190. The predicted octanol–water partition coefficient (Wildman–Crippen LogP) is 7.49. The summed E-state index contributed by atoms with van der Waals surface area (Å²) >= 11 is 0. The van der Waals surface area contributed by atoms with Crippen molar-refractivity contribution in [1.82, 2.24) is 0 Å². The largest absolute Gasteiger partial charge is 0.544 e. The molecule has 0 saturated heterocycles. The first-order chi connectivity index (χ1) is 19.1. The number of carbonyl (C=O) groups excluding carboxylic acids is 1. The monoisotopic (exact) mass is 569 g/mol. The molecule has 0 aliphatic heterocycles. The van der Waals surface area contributed by atoms with E-state index in [2.05, 4.69) is 6.92 Å². The van der Waals surface area contributed by atoms with Crippen LogP contribution in [-0.4, -0.2) is 57.3 Å². The average Bonchev–Trinajstić information content (AvgIpc) is 2.92. The van der Waals surface area contributed by atoms with Gasteiger partial charge in [0.25, 0.3) is 0 Å². The molecule has 0 radical (unpaired) electrons. The van der Waals surface area contributed by atoms with Crippen molar-refractivity contribution in [2.24, 2.45) is 0 Å². The molecule has 0 spiro atoms. The highest BCUT2D eigenvalue weighted by atomic mass is 16.4. The van der Waals surface area contributed by atoms with Gasteiger partial charge in [-0.2, -0.15) is 0 Å². The van der Waals surface area contributed by atoms with Crippen LogP contribution in [0.5, 0.6) is 0 Å². The Labute approximate surface area is 245 Å². The standard InChI is InChI=1S/C33H63NO6/c1-5-6-7-8-9-10-11-12-13-14-15-16-17-18-19-20-21-22-23-24-25-26-27-34(28(2)31(35)36,29(3)32(37)38)30(4)33(39)40/h28-30H,5-27H2,1-4H3,(H2-,35,36,37,38,39,40). The van der Waals surface area contributed by atoms with E-state index in [1.807, 2.05) is 0 Å². The van der Waals surface area contributed by atoms with Crippen LogP contribution < -0.4 is 5.11 Å². The first-order valence-corrected chi connectivity index (χ1v) is 16.7. The number of hydrogen-bond acceptors (Lipinski definition) is 4. The van der Waals surface area contributed by atoms with Gasteiger partial charge in [0.2, 0.25) is 0 Å². The summed E-state index contributed by atoms with van der Waals surface area (Å²) in [4.78, 5) is 35.3. The SMILES string of the molecule is CCCCCCCCCCCCCCCCCCCCCCCC[N+](C(C)C(=O)[O-])(C(C)C(=O)O)C(C)C(=O)O. The molecule has 2 N–H and O–H groups in total. The van der Waals surface area contributed by atoms with Gasteiger partial charge < -0.3 is 20.1 Å². The summed E-state index contributed by atoms with van der Waals surface area (Å²) in [5, 5.41) is 31.0. The first-order valence-electron chi connectivity index (χ1n) is 16.7. The number of aliphatic carboxylic acids is 3. The Morgan fingerprint density at radius 1 is 0.500 bits per heavy atom. The zero-order valence-electron chi connectivity index (χ0n) is 26.5. The van der Waals surface area contributed by atoms with Crippen LogP contribution in [0.15, 0.2) is 0 Å². The second-order valence-corrected chi connectivity index (χ2v) is 12.2. The maximum absolute atomic E-state index is 11.8. The highest BCUT2D eigenvalue weighted by Crippen LogP contribution is 2.27. The predicted molar refractivity (Wildman–Crippen MR) is 161 cm³/mol. The molecule has 0 aromatic heterocycles. The quantitative estimate of drug-likeness (QED) is 0.0712. The van der Waals surface area contributed by atoms with E-state index in [1.54, 1.807) is 0 Å². The smallest absolute Gasteiger partial charge is 0.362 e. The molecule has 0 aliphatic rings. The van der Waals surface area contributed by atoms with Crippen LogP contribution in [0.3, 0.4) is 0 Å². The molecule has 7 nitrogen and oxygen atoms in total. The van der Waals surface area contributed by atoms with Crippen molar-refractivity contribution in [1.29, 1.82) is 0 Å². The van der Waals surface area contributed by atoms with Crippen LogP contribution in [0.25, 0.3) is 0 Å². The minimum atomic E-state index is -1.42. The van der Waals surface area contributed by atoms with E-state index in [0.29, 0.717) is 6.42 Å². The zero-order chi connectivity index (χ0) is 30.2. The molecule has 0 aliphatic carbocycles. The number of carboxylic acid groups (broad SMARTS) is 3. The van der Waals surface area contributed by atoms with Gasteiger partial charge in [-0.15, -0.1) is 0 Å². The number of rotatable bonds is 29. The lowest BCUT2D eigenvalue weighted by Crippen LogP contribution is -2.72. The third kappa shape index (κ3) is 16.0. The first kappa shape index (κ1) is 38.4. The van der Waals surface area contributed by atoms with Crippen LogP contribution in [0, 0.1) is 0 Å². The molecule has 0 bridgehead atoms. The molecular weight excluding hydrogens is 506 g/mol. The Hall–Kier alpha value is -1.63. The van der Waals surface area contributed by atoms with Crippen LogP contribution in [0.1, 0.15) is 169 Å². The highest BCUT2D eigenvalue weighted by Gasteiger charge is 2.50. The maximum Gasteiger partial charge on any atom is 0.362 e. The number of unbranched alkanes of at least 4 members (excludes halogenated alkanes) is 21. The minimum Gasteiger partial charge on any atom is -0.544 e. The third-order valence-electron chi connectivity index (χ3n) is 9.12. The maximum atomic E-state index is 11.8. The van der Waals surface area contributed by atoms with Crippen LogP contribution >= 0.6 is 0 Å². The molecule has 0 saturated carbocycles. The fourth-order valence-corrected chi connectivity index (χ4v) is 6.19. The fraction of sp³-hybridized carbons (Fsp3) is 0.909. The normalized spacial score (nSPS) is 15.3. The second-order valence-electron chi connectivity index (χ2n) is 12.2. The number of hydrogen-bond donors (Lipinski definition) is 2. The van der Waals surface area contributed by atoms with Crippen LogP contribution in [0.4, 0.5) is 0 Å². The van der Waals surface area contributed by atoms with Crippen LogP contribution in [-0.2, 0) is 14.4 Å². The molecule has 3 atom stereocenters. The molecule has 40 heavy (non-hydrogen) atoms. The van der Waals surface area contributed by atoms with Crippen LogP contribution in [0.2, 0.25) is 0 Å². The number of quaternary nitrogens is 1. The molecular formula is C33H63NO6. The van der Waals surface area contributed by atoms with Crippen molar-refractivity contribution < 1.29 is 34.2 Å². The third-order valence-corrected chi connectivity index (χ3v) is 9.12. The van der Waals surface area contributed by atoms with Crippen molar-refractivity contribution in [2.75, 3.05) is 6.54 Å². The van der Waals surface area contributed by atoms with Gasteiger partial charge in [0.05, 0.1) is 12.5 Å². The molecule has 0 rings (SSSR count). The van der Waals surface area contributed by atoms with Gasteiger partial charge in [-0.05, 0) is 33.6 Å². The second kappa shape index (κ2) is 24.0. The van der Waals surface area contributed by atoms with E-state index in [4.69, 9.17) is 0 Å². The molecule has 7 heteroatoms. The summed E-state index contributed by atoms with van der Waals surface area (Å²) in [6.45, 7) is 6.63. The fourth-order valence-electron chi connectivity index (χ4n) is 6.19. The van der Waals surface area contributed by atoms with Gasteiger partial charge in [0, 0.05) is 0 Å². The molecule has 0 amide bonds. The lowest BCUT2D eigenvalue weighted by Gasteiger charge is -2.49. The van der Waals surface area contributed by atoms with Gasteiger partial charge >= 0.3 is 11.9 Å². The summed E-state index contributed by atoms with van der Waals surface area (Å²) in [6.07, 6.45) is 28.0. The Morgan fingerprint density at radius 3 is 0.975 bits per heavy atom.